The van der Waals surface area contributed by atoms with Crippen molar-refractivity contribution in [2.24, 2.45) is 0 Å². The number of thioether (sulfide) groups is 2. The maximum Gasteiger partial charge on any atom is 0.319 e. The van der Waals surface area contributed by atoms with Crippen molar-refractivity contribution in [1.29, 1.82) is 0 Å². The normalized spacial score (nSPS) is 11.8. The van der Waals surface area contributed by atoms with E-state index in [0.29, 0.717) is 29.1 Å². The van der Waals surface area contributed by atoms with Crippen LogP contribution in [0.25, 0.3) is 5.69 Å². The molecule has 0 aliphatic rings. The van der Waals surface area contributed by atoms with E-state index in [-0.39, 0.29) is 11.2 Å². The van der Waals surface area contributed by atoms with Crippen molar-refractivity contribution in [3.63, 3.8) is 0 Å². The molecule has 0 radical (unpaired) electrons. The first-order chi connectivity index (χ1) is 14.7. The standard InChI is InChI=1S/C20H23N5O3S2/c1-4-16(18(26)27-3)30-20-24-23-17(13-29-19-21-11-6-12-22-19)25(20)14-7-9-15(10-8-14)28-5-2/h6-12,16H,4-5,13H2,1-3H3/t16-/m1/s1. The molecular formula is C20H23N5O3S2. The van der Waals surface area contributed by atoms with Crippen molar-refractivity contribution in [2.75, 3.05) is 13.7 Å². The molecule has 0 saturated heterocycles. The molecule has 3 aromatic rings. The molecule has 2 aromatic heterocycles. The Morgan fingerprint density at radius 3 is 2.50 bits per heavy atom. The van der Waals surface area contributed by atoms with Crippen LogP contribution in [-0.4, -0.2) is 49.7 Å². The van der Waals surface area contributed by atoms with E-state index in [4.69, 9.17) is 9.47 Å². The van der Waals surface area contributed by atoms with Crippen LogP contribution in [0.15, 0.2) is 53.0 Å². The topological polar surface area (TPSA) is 92.0 Å². The summed E-state index contributed by atoms with van der Waals surface area (Å²) in [5, 5.41) is 9.65. The molecule has 158 valence electrons. The third kappa shape index (κ3) is 5.51. The summed E-state index contributed by atoms with van der Waals surface area (Å²) >= 11 is 2.81. The van der Waals surface area contributed by atoms with Crippen LogP contribution in [0, 0.1) is 0 Å². The Balaban J connectivity index is 1.91. The summed E-state index contributed by atoms with van der Waals surface area (Å²) in [6, 6.07) is 9.48. The molecular weight excluding hydrogens is 422 g/mol. The number of nitrogens with zero attached hydrogens (tertiary/aromatic N) is 5. The van der Waals surface area contributed by atoms with Gasteiger partial charge in [-0.25, -0.2) is 9.97 Å². The summed E-state index contributed by atoms with van der Waals surface area (Å²) < 4.78 is 12.4. The number of hydrogen-bond acceptors (Lipinski definition) is 9. The highest BCUT2D eigenvalue weighted by molar-refractivity contribution is 8.00. The van der Waals surface area contributed by atoms with E-state index >= 15 is 0 Å². The van der Waals surface area contributed by atoms with Crippen molar-refractivity contribution in [2.45, 2.75) is 41.6 Å². The molecule has 0 aliphatic heterocycles. The van der Waals surface area contributed by atoms with Gasteiger partial charge in [0.25, 0.3) is 0 Å². The number of hydrogen-bond donors (Lipinski definition) is 0. The predicted octanol–water partition coefficient (Wildman–Crippen LogP) is 3.79. The number of benzene rings is 1. The SMILES string of the molecule is CCOc1ccc(-n2c(CSc3ncccn3)nnc2S[C@H](CC)C(=O)OC)cc1. The van der Waals surface area contributed by atoms with Crippen molar-refractivity contribution in [3.8, 4) is 11.4 Å². The number of methoxy groups -OCH3 is 1. The van der Waals surface area contributed by atoms with Crippen molar-refractivity contribution >= 4 is 29.5 Å². The quantitative estimate of drug-likeness (QED) is 0.262. The highest BCUT2D eigenvalue weighted by Gasteiger charge is 2.24. The van der Waals surface area contributed by atoms with Crippen LogP contribution in [0.5, 0.6) is 5.75 Å². The van der Waals surface area contributed by atoms with E-state index in [0.717, 1.165) is 17.3 Å². The van der Waals surface area contributed by atoms with Crippen LogP contribution in [-0.2, 0) is 15.3 Å². The van der Waals surface area contributed by atoms with E-state index in [1.807, 2.05) is 42.7 Å². The number of rotatable bonds is 10. The lowest BCUT2D eigenvalue weighted by atomic mass is 10.3. The van der Waals surface area contributed by atoms with Gasteiger partial charge in [0.15, 0.2) is 10.3 Å². The lowest BCUT2D eigenvalue weighted by Gasteiger charge is -2.14. The van der Waals surface area contributed by atoms with Gasteiger partial charge in [0.05, 0.1) is 19.5 Å². The average Bonchev–Trinajstić information content (AvgIpc) is 3.19. The average molecular weight is 446 g/mol. The second kappa shape index (κ2) is 11.0. The van der Waals surface area contributed by atoms with E-state index in [9.17, 15) is 4.79 Å². The third-order valence-electron chi connectivity index (χ3n) is 4.06. The first kappa shape index (κ1) is 22.1. The van der Waals surface area contributed by atoms with E-state index in [1.54, 1.807) is 18.5 Å². The molecule has 1 aromatic carbocycles. The Bertz CT molecular complexity index is 951. The van der Waals surface area contributed by atoms with Gasteiger partial charge >= 0.3 is 5.97 Å². The molecule has 0 N–H and O–H groups in total. The van der Waals surface area contributed by atoms with Crippen molar-refractivity contribution < 1.29 is 14.3 Å². The monoisotopic (exact) mass is 445 g/mol. The number of carbonyl (C=O) groups is 1. The van der Waals surface area contributed by atoms with Crippen LogP contribution < -0.4 is 4.74 Å². The van der Waals surface area contributed by atoms with Gasteiger partial charge < -0.3 is 9.47 Å². The Labute approximate surface area is 183 Å². The van der Waals surface area contributed by atoms with Gasteiger partial charge in [0, 0.05) is 18.1 Å². The molecule has 0 bridgehead atoms. The third-order valence-corrected chi connectivity index (χ3v) is 6.22. The van der Waals surface area contributed by atoms with Gasteiger partial charge in [-0.05, 0) is 43.7 Å². The number of ether oxygens (including phenoxy) is 2. The zero-order valence-corrected chi connectivity index (χ0v) is 18.7. The fraction of sp³-hybridized carbons (Fsp3) is 0.350. The van der Waals surface area contributed by atoms with E-state index in [1.165, 1.54) is 30.6 Å². The van der Waals surface area contributed by atoms with Crippen LogP contribution in [0.2, 0.25) is 0 Å². The highest BCUT2D eigenvalue weighted by Crippen LogP contribution is 2.30. The maximum absolute atomic E-state index is 12.1. The molecule has 1 atom stereocenters. The minimum absolute atomic E-state index is 0.280. The summed E-state index contributed by atoms with van der Waals surface area (Å²) in [4.78, 5) is 20.6. The van der Waals surface area contributed by atoms with Crippen LogP contribution in [0.1, 0.15) is 26.1 Å². The predicted molar refractivity (Wildman–Crippen MR) is 116 cm³/mol. The van der Waals surface area contributed by atoms with Crippen molar-refractivity contribution in [1.82, 2.24) is 24.7 Å². The molecule has 0 unspecified atom stereocenters. The van der Waals surface area contributed by atoms with Gasteiger partial charge in [-0.2, -0.15) is 0 Å². The minimum atomic E-state index is -0.362. The van der Waals surface area contributed by atoms with Gasteiger partial charge in [-0.15, -0.1) is 10.2 Å². The lowest BCUT2D eigenvalue weighted by Crippen LogP contribution is -2.18. The molecule has 0 aliphatic carbocycles. The smallest absolute Gasteiger partial charge is 0.319 e. The Kier molecular flexibility index (Phi) is 8.09. The second-order valence-electron chi connectivity index (χ2n) is 6.02. The molecule has 3 rings (SSSR count). The molecule has 0 saturated carbocycles. The zero-order chi connectivity index (χ0) is 21.3. The summed E-state index contributed by atoms with van der Waals surface area (Å²) in [5.41, 5.74) is 0.884. The van der Waals surface area contributed by atoms with Crippen molar-refractivity contribution in [3.05, 3.63) is 48.5 Å². The lowest BCUT2D eigenvalue weighted by molar-refractivity contribution is -0.140. The summed E-state index contributed by atoms with van der Waals surface area (Å²) in [5.74, 6) is 1.77. The fourth-order valence-electron chi connectivity index (χ4n) is 2.63. The first-order valence-corrected chi connectivity index (χ1v) is 11.3. The van der Waals surface area contributed by atoms with Gasteiger partial charge in [0.2, 0.25) is 0 Å². The van der Waals surface area contributed by atoms with Gasteiger partial charge in [-0.1, -0.05) is 30.4 Å². The molecule has 0 spiro atoms. The van der Waals surface area contributed by atoms with Gasteiger partial charge in [0.1, 0.15) is 16.8 Å². The second-order valence-corrected chi connectivity index (χ2v) is 8.13. The molecule has 8 nitrogen and oxygen atoms in total. The minimum Gasteiger partial charge on any atom is -0.494 e. The van der Waals surface area contributed by atoms with E-state index < -0.39 is 0 Å². The van der Waals surface area contributed by atoms with E-state index in [2.05, 4.69) is 20.2 Å². The molecule has 0 amide bonds. The molecule has 0 fully saturated rings. The molecule has 2 heterocycles. The summed E-state index contributed by atoms with van der Waals surface area (Å²) in [7, 11) is 1.39. The Hall–Kier alpha value is -2.59. The molecule has 10 heteroatoms. The van der Waals surface area contributed by atoms with Crippen LogP contribution in [0.3, 0.4) is 0 Å². The summed E-state index contributed by atoms with van der Waals surface area (Å²) in [6.07, 6.45) is 4.03. The largest absolute Gasteiger partial charge is 0.494 e. The van der Waals surface area contributed by atoms with Gasteiger partial charge in [-0.3, -0.25) is 9.36 Å². The Morgan fingerprint density at radius 2 is 1.87 bits per heavy atom. The fourth-order valence-corrected chi connectivity index (χ4v) is 4.37. The Morgan fingerprint density at radius 1 is 1.13 bits per heavy atom. The highest BCUT2D eigenvalue weighted by atomic mass is 32.2. The van der Waals surface area contributed by atoms with Crippen LogP contribution in [0.4, 0.5) is 0 Å². The first-order valence-electron chi connectivity index (χ1n) is 9.48. The van der Waals surface area contributed by atoms with Crippen LogP contribution >= 0.6 is 23.5 Å². The maximum atomic E-state index is 12.1. The summed E-state index contributed by atoms with van der Waals surface area (Å²) in [6.45, 7) is 4.49. The number of carbonyl (C=O) groups excluding carboxylic acids is 1. The molecule has 30 heavy (non-hydrogen) atoms. The number of esters is 1. The zero-order valence-electron chi connectivity index (χ0n) is 17.0. The number of aromatic nitrogens is 5.